The van der Waals surface area contributed by atoms with Crippen molar-refractivity contribution in [1.82, 2.24) is 0 Å². The van der Waals surface area contributed by atoms with Gasteiger partial charge >= 0.3 is 33.6 Å². The third-order valence-corrected chi connectivity index (χ3v) is 21.3. The molecule has 0 aliphatic carbocycles. The predicted molar refractivity (Wildman–Crippen MR) is 491 cm³/mol. The molecule has 0 amide bonds. The van der Waals surface area contributed by atoms with Crippen LogP contribution in [0.3, 0.4) is 0 Å². The molecule has 5 unspecified atom stereocenters. The Morgan fingerprint density at radius 2 is 0.462 bits per heavy atom. The lowest BCUT2D eigenvalue weighted by Gasteiger charge is -2.21. The van der Waals surface area contributed by atoms with E-state index in [2.05, 4.69) is 179 Å². The van der Waals surface area contributed by atoms with Crippen LogP contribution in [0.5, 0.6) is 0 Å². The van der Waals surface area contributed by atoms with E-state index in [0.717, 1.165) is 135 Å². The maximum atomic E-state index is 13.0. The Morgan fingerprint density at radius 3 is 0.744 bits per heavy atom. The summed E-state index contributed by atoms with van der Waals surface area (Å²) in [7, 11) is -9.83. The second-order valence-corrected chi connectivity index (χ2v) is 33.6. The topological polar surface area (TPSA) is 231 Å². The first-order chi connectivity index (χ1) is 57.2. The quantitative estimate of drug-likeness (QED) is 0.0146. The molecule has 0 bridgehead atoms. The van der Waals surface area contributed by atoms with Gasteiger partial charge in [0, 0.05) is 19.3 Å². The van der Waals surface area contributed by atoms with Gasteiger partial charge in [-0.1, -0.05) is 384 Å². The average Bonchev–Trinajstić information content (AvgIpc) is 0.876. The van der Waals surface area contributed by atoms with Crippen LogP contribution in [-0.4, -0.2) is 95.9 Å². The zero-order valence-corrected chi connectivity index (χ0v) is 75.6. The van der Waals surface area contributed by atoms with E-state index in [9.17, 15) is 43.5 Å². The minimum absolute atomic E-state index is 0.0223. The van der Waals surface area contributed by atoms with Crippen molar-refractivity contribution in [3.05, 3.63) is 170 Å². The molecule has 0 heterocycles. The van der Waals surface area contributed by atoms with Crippen molar-refractivity contribution in [1.29, 1.82) is 0 Å². The molecule has 670 valence electrons. The molecular weight excluding hydrogens is 1510 g/mol. The van der Waals surface area contributed by atoms with Crippen LogP contribution in [0.15, 0.2) is 170 Å². The third-order valence-electron chi connectivity index (χ3n) is 19.4. The predicted octanol–water partition coefficient (Wildman–Crippen LogP) is 28.7. The molecule has 0 fully saturated rings. The third kappa shape index (κ3) is 91.5. The highest BCUT2D eigenvalue weighted by atomic mass is 31.2. The van der Waals surface area contributed by atoms with Crippen molar-refractivity contribution >= 4 is 33.6 Å². The van der Waals surface area contributed by atoms with Gasteiger partial charge in [0.05, 0.1) is 26.4 Å². The van der Waals surface area contributed by atoms with Crippen molar-refractivity contribution < 1.29 is 75.8 Å². The summed E-state index contributed by atoms with van der Waals surface area (Å²) in [6.45, 7) is 2.39. The Hall–Kier alpha value is -5.09. The van der Waals surface area contributed by atoms with Crippen LogP contribution in [-0.2, 0) is 55.8 Å². The van der Waals surface area contributed by atoms with Gasteiger partial charge < -0.3 is 34.2 Å². The molecule has 18 heteroatoms. The number of aliphatic hydroxyl groups is 2. The summed E-state index contributed by atoms with van der Waals surface area (Å²) in [5, 5.41) is 20.7. The maximum absolute atomic E-state index is 13.0. The molecule has 0 radical (unpaired) electrons. The number of aliphatic hydroxyl groups excluding tert-OH is 2. The summed E-state index contributed by atoms with van der Waals surface area (Å²) in [4.78, 5) is 58.9. The van der Waals surface area contributed by atoms with Gasteiger partial charge in [0.25, 0.3) is 0 Å². The second-order valence-electron chi connectivity index (χ2n) is 30.7. The normalized spacial score (nSPS) is 14.6. The average molecular weight is 1680 g/mol. The van der Waals surface area contributed by atoms with Crippen molar-refractivity contribution in [2.45, 2.75) is 399 Å². The van der Waals surface area contributed by atoms with Crippen LogP contribution in [0.1, 0.15) is 380 Å². The number of phosphoric ester groups is 2. The lowest BCUT2D eigenvalue weighted by atomic mass is 10.0. The molecule has 0 aliphatic heterocycles. The van der Waals surface area contributed by atoms with Gasteiger partial charge in [-0.2, -0.15) is 0 Å². The van der Waals surface area contributed by atoms with E-state index < -0.39 is 91.5 Å². The van der Waals surface area contributed by atoms with Gasteiger partial charge in [-0.3, -0.25) is 32.5 Å². The number of phosphoric acid groups is 2. The Morgan fingerprint density at radius 1 is 0.248 bits per heavy atom. The minimum Gasteiger partial charge on any atom is -0.463 e. The molecule has 0 rings (SSSR count). The van der Waals surface area contributed by atoms with Crippen LogP contribution < -0.4 is 0 Å². The Balaban J connectivity index is 4.49. The number of hydrogen-bond acceptors (Lipinski definition) is 14. The molecule has 117 heavy (non-hydrogen) atoms. The smallest absolute Gasteiger partial charge is 0.463 e. The zero-order chi connectivity index (χ0) is 85.1. The fraction of sp³-hybridized carbons (Fsp3) is 0.687. The standard InChI is InChI=1S/C99H168O16P2/c1-4-7-10-13-16-19-22-25-28-31-33-35-37-39-41-43-44-45-46-47-48-50-52-53-55-57-59-62-64-67-70-73-76-79-82-85-97(102)109-88-94(100)89-111-116(105,106)112-90-95(101)91-113-117(107,108)114-93-96(115-99(104)87-84-81-78-75-72-69-66-61-30-27-24-21-18-15-12-9-6-3)92-110-98(103)86-83-80-77-74-71-68-65-63-60-58-56-54-51-49-42-40-38-36-34-32-29-26-23-20-17-14-11-8-5-2/h8-9,11-12,16-21,25-30,33-36,39-42,66,69,75,78,94-96,100-101H,4-7,10,13-15,22-24,31-32,37-38,43-65,67-68,70-74,76-77,79-93H2,1-3H3,(H,105,106)(H,107,108)/b11-8-,12-9-,19-16-,20-17-,21-18-,28-25-,29-26-,30-27-,35-33-,36-34-,41-39-,42-40-,69-66-,78-75-. The summed E-state index contributed by atoms with van der Waals surface area (Å²) in [5.41, 5.74) is 0. The van der Waals surface area contributed by atoms with Crippen molar-refractivity contribution in [3.63, 3.8) is 0 Å². The highest BCUT2D eigenvalue weighted by molar-refractivity contribution is 7.47. The first-order valence-electron chi connectivity index (χ1n) is 46.4. The molecule has 0 aromatic heterocycles. The molecule has 0 aromatic carbocycles. The van der Waals surface area contributed by atoms with Crippen LogP contribution in [0.4, 0.5) is 0 Å². The lowest BCUT2D eigenvalue weighted by molar-refractivity contribution is -0.161. The molecule has 4 N–H and O–H groups in total. The summed E-state index contributed by atoms with van der Waals surface area (Å²) in [6, 6.07) is 0. The Kier molecular flexibility index (Phi) is 86.2. The fourth-order valence-corrected chi connectivity index (χ4v) is 14.0. The molecule has 5 atom stereocenters. The zero-order valence-electron chi connectivity index (χ0n) is 73.8. The van der Waals surface area contributed by atoms with Gasteiger partial charge in [-0.25, -0.2) is 9.13 Å². The Bertz CT molecular complexity index is 2810. The summed E-state index contributed by atoms with van der Waals surface area (Å²) < 4.78 is 61.3. The van der Waals surface area contributed by atoms with Crippen LogP contribution in [0.2, 0.25) is 0 Å². The van der Waals surface area contributed by atoms with Crippen LogP contribution in [0, 0.1) is 0 Å². The molecule has 0 saturated heterocycles. The second kappa shape index (κ2) is 90.2. The largest absolute Gasteiger partial charge is 0.472 e. The first kappa shape index (κ1) is 112. The van der Waals surface area contributed by atoms with E-state index in [1.807, 2.05) is 12.2 Å². The number of carbonyl (C=O) groups excluding carboxylic acids is 3. The van der Waals surface area contributed by atoms with Crippen molar-refractivity contribution in [2.24, 2.45) is 0 Å². The molecule has 0 saturated carbocycles. The SMILES string of the molecule is CC/C=C\C/C=C\C/C=C\C/C=C\C/C=C\CCCCCCCCCCCCCCCC(=O)OCC(COP(=O)(O)OCC(O)COP(=O)(O)OCC(O)COC(=O)CCCCCCCCCCCCCCCCCCCCC/C=C\C/C=C\C/C=C\C/C=C\CCCCC)OC(=O)CCC/C=C\C/C=C\C/C=C\C/C=C\C/C=C\CC. The highest BCUT2D eigenvalue weighted by Gasteiger charge is 2.29. The number of rotatable bonds is 87. The van der Waals surface area contributed by atoms with Crippen LogP contribution >= 0.6 is 15.6 Å². The number of hydrogen-bond donors (Lipinski definition) is 4. The van der Waals surface area contributed by atoms with E-state index in [4.69, 9.17) is 32.3 Å². The van der Waals surface area contributed by atoms with Gasteiger partial charge in [0.2, 0.25) is 0 Å². The minimum atomic E-state index is -4.96. The summed E-state index contributed by atoms with van der Waals surface area (Å²) in [5.74, 6) is -1.64. The van der Waals surface area contributed by atoms with Gasteiger partial charge in [0.15, 0.2) is 6.10 Å². The molecular formula is C99H168O16P2. The number of allylic oxidation sites excluding steroid dienone is 28. The molecule has 0 spiro atoms. The Labute approximate surface area is 713 Å². The molecule has 0 aromatic rings. The van der Waals surface area contributed by atoms with Crippen molar-refractivity contribution in [2.75, 3.05) is 39.6 Å². The number of ether oxygens (including phenoxy) is 3. The van der Waals surface area contributed by atoms with E-state index in [0.29, 0.717) is 25.7 Å². The van der Waals surface area contributed by atoms with E-state index in [1.54, 1.807) is 0 Å². The highest BCUT2D eigenvalue weighted by Crippen LogP contribution is 2.45. The summed E-state index contributed by atoms with van der Waals surface area (Å²) >= 11 is 0. The van der Waals surface area contributed by atoms with E-state index in [-0.39, 0.29) is 19.3 Å². The van der Waals surface area contributed by atoms with Gasteiger partial charge in [-0.05, 0) is 148 Å². The molecule has 0 aliphatic rings. The fourth-order valence-electron chi connectivity index (χ4n) is 12.4. The summed E-state index contributed by atoms with van der Waals surface area (Å²) in [6.07, 6.45) is 117. The van der Waals surface area contributed by atoms with E-state index in [1.165, 1.54) is 180 Å². The van der Waals surface area contributed by atoms with E-state index >= 15 is 0 Å². The first-order valence-corrected chi connectivity index (χ1v) is 49.4. The van der Waals surface area contributed by atoms with Crippen LogP contribution in [0.25, 0.3) is 0 Å². The number of unbranched alkanes of at least 4 members (excludes halogenated alkanes) is 36. The lowest BCUT2D eigenvalue weighted by Crippen LogP contribution is -2.30. The monoisotopic (exact) mass is 1680 g/mol. The van der Waals surface area contributed by atoms with Gasteiger partial charge in [-0.15, -0.1) is 0 Å². The van der Waals surface area contributed by atoms with Crippen molar-refractivity contribution in [3.8, 4) is 0 Å². The van der Waals surface area contributed by atoms with Gasteiger partial charge in [0.1, 0.15) is 25.4 Å². The number of carbonyl (C=O) groups is 3. The molecule has 16 nitrogen and oxygen atoms in total. The maximum Gasteiger partial charge on any atom is 0.472 e. The number of esters is 3.